The summed E-state index contributed by atoms with van der Waals surface area (Å²) in [5.41, 5.74) is 2.07. The maximum Gasteiger partial charge on any atom is 0.493 e. The van der Waals surface area contributed by atoms with E-state index >= 15 is 0 Å². The van der Waals surface area contributed by atoms with Crippen LogP contribution in [0.25, 0.3) is 0 Å². The predicted molar refractivity (Wildman–Crippen MR) is 121 cm³/mol. The minimum Gasteiger partial charge on any atom is -0.407 e. The molecular weight excluding hydrogens is 350 g/mol. The average Bonchev–Trinajstić information content (AvgIpc) is 2.72. The zero-order valence-corrected chi connectivity index (χ0v) is 18.6. The van der Waals surface area contributed by atoms with Crippen LogP contribution >= 0.6 is 0 Å². The molecular formula is C22H40B2O4. The topological polar surface area (TPSA) is 36.9 Å². The number of hydrogen-bond acceptors (Lipinski definition) is 4. The van der Waals surface area contributed by atoms with Crippen LogP contribution in [0, 0.1) is 0 Å². The standard InChI is InChI=1S/C22H40B2O4/c1-5-9-16-25-23(26-17-10-6-2)21-14-13-15-22(20-21)24(27-18-11-7-3)28-19-12-8-4/h13-15,20H,5-12,16-19H2,1-4H3. The SMILES string of the molecule is CCCCOB(OCCCC)c1cccc(B(OCCCC)OCCCC)c1. The second-order valence-corrected chi connectivity index (χ2v) is 7.23. The van der Waals surface area contributed by atoms with Crippen LogP contribution in [0.2, 0.25) is 0 Å². The first kappa shape index (κ1) is 25.2. The van der Waals surface area contributed by atoms with Gasteiger partial charge >= 0.3 is 14.2 Å². The molecule has 0 fully saturated rings. The van der Waals surface area contributed by atoms with Crippen molar-refractivity contribution in [3.05, 3.63) is 24.3 Å². The molecule has 1 aromatic carbocycles. The quantitative estimate of drug-likeness (QED) is 0.276. The molecule has 0 spiro atoms. The zero-order chi connectivity index (χ0) is 20.5. The zero-order valence-electron chi connectivity index (χ0n) is 18.6. The molecule has 0 aliphatic rings. The van der Waals surface area contributed by atoms with Gasteiger partial charge in [0.1, 0.15) is 0 Å². The molecule has 28 heavy (non-hydrogen) atoms. The van der Waals surface area contributed by atoms with E-state index in [1.165, 1.54) is 0 Å². The summed E-state index contributed by atoms with van der Waals surface area (Å²) in [6, 6.07) is 8.30. The third-order valence-corrected chi connectivity index (χ3v) is 4.52. The molecule has 0 aromatic heterocycles. The second-order valence-electron chi connectivity index (χ2n) is 7.23. The van der Waals surface area contributed by atoms with Gasteiger partial charge < -0.3 is 18.6 Å². The molecule has 0 saturated heterocycles. The highest BCUT2D eigenvalue weighted by Gasteiger charge is 2.26. The Labute approximate surface area is 174 Å². The predicted octanol–water partition coefficient (Wildman–Crippen LogP) is 4.34. The van der Waals surface area contributed by atoms with Crippen LogP contribution in [0.15, 0.2) is 24.3 Å². The van der Waals surface area contributed by atoms with Gasteiger partial charge in [-0.3, -0.25) is 0 Å². The van der Waals surface area contributed by atoms with Crippen LogP contribution in [0.1, 0.15) is 79.1 Å². The van der Waals surface area contributed by atoms with Crippen molar-refractivity contribution in [2.24, 2.45) is 0 Å². The lowest BCUT2D eigenvalue weighted by atomic mass is 9.71. The lowest BCUT2D eigenvalue weighted by molar-refractivity contribution is 0.201. The van der Waals surface area contributed by atoms with E-state index < -0.39 is 0 Å². The summed E-state index contributed by atoms with van der Waals surface area (Å²) in [6.45, 7) is 11.5. The van der Waals surface area contributed by atoms with E-state index in [-0.39, 0.29) is 14.2 Å². The highest BCUT2D eigenvalue weighted by atomic mass is 16.6. The van der Waals surface area contributed by atoms with Crippen LogP contribution in [-0.4, -0.2) is 40.7 Å². The first-order valence-electron chi connectivity index (χ1n) is 11.3. The van der Waals surface area contributed by atoms with Gasteiger partial charge in [-0.25, -0.2) is 0 Å². The molecule has 0 amide bonds. The summed E-state index contributed by atoms with van der Waals surface area (Å²) in [5, 5.41) is 0. The largest absolute Gasteiger partial charge is 0.493 e. The van der Waals surface area contributed by atoms with Gasteiger partial charge in [-0.2, -0.15) is 0 Å². The molecule has 1 aromatic rings. The van der Waals surface area contributed by atoms with Gasteiger partial charge in [-0.15, -0.1) is 0 Å². The smallest absolute Gasteiger partial charge is 0.407 e. The molecule has 158 valence electrons. The van der Waals surface area contributed by atoms with Gasteiger partial charge in [0.05, 0.1) is 0 Å². The molecule has 0 aliphatic heterocycles. The molecule has 1 rings (SSSR count). The van der Waals surface area contributed by atoms with Crippen molar-refractivity contribution in [1.82, 2.24) is 0 Å². The monoisotopic (exact) mass is 390 g/mol. The maximum atomic E-state index is 6.04. The molecule has 0 N–H and O–H groups in total. The fraction of sp³-hybridized carbons (Fsp3) is 0.727. The van der Waals surface area contributed by atoms with Gasteiger partial charge in [0.15, 0.2) is 0 Å². The Bertz CT molecular complexity index is 428. The van der Waals surface area contributed by atoms with E-state index in [2.05, 4.69) is 45.9 Å². The lowest BCUT2D eigenvalue weighted by Crippen LogP contribution is -2.44. The summed E-state index contributed by atoms with van der Waals surface area (Å²) >= 11 is 0. The van der Waals surface area contributed by atoms with Crippen LogP contribution in [0.4, 0.5) is 0 Å². The molecule has 0 aliphatic carbocycles. The fourth-order valence-electron chi connectivity index (χ4n) is 2.67. The van der Waals surface area contributed by atoms with Crippen molar-refractivity contribution in [2.45, 2.75) is 79.1 Å². The van der Waals surface area contributed by atoms with Gasteiger partial charge in [-0.1, -0.05) is 77.6 Å². The first-order chi connectivity index (χ1) is 13.8. The highest BCUT2D eigenvalue weighted by Crippen LogP contribution is 2.02. The van der Waals surface area contributed by atoms with Gasteiger partial charge in [0.2, 0.25) is 0 Å². The molecule has 0 bridgehead atoms. The van der Waals surface area contributed by atoms with E-state index in [0.717, 1.165) is 62.3 Å². The summed E-state index contributed by atoms with van der Waals surface area (Å²) in [7, 11) is -0.657. The highest BCUT2D eigenvalue weighted by molar-refractivity contribution is 6.65. The van der Waals surface area contributed by atoms with Crippen molar-refractivity contribution >= 4 is 25.2 Å². The Balaban J connectivity index is 2.86. The Hall–Kier alpha value is -0.810. The molecule has 0 heterocycles. The second kappa shape index (κ2) is 17.1. The molecule has 4 nitrogen and oxygen atoms in total. The Morgan fingerprint density at radius 2 is 0.893 bits per heavy atom. The number of hydrogen-bond donors (Lipinski definition) is 0. The Kier molecular flexibility index (Phi) is 15.4. The average molecular weight is 390 g/mol. The minimum absolute atomic E-state index is 0.329. The Morgan fingerprint density at radius 3 is 1.18 bits per heavy atom. The van der Waals surface area contributed by atoms with Gasteiger partial charge in [0.25, 0.3) is 0 Å². The molecule has 0 saturated carbocycles. The first-order valence-corrected chi connectivity index (χ1v) is 11.3. The van der Waals surface area contributed by atoms with E-state index in [0.29, 0.717) is 26.4 Å². The molecule has 0 radical (unpaired) electrons. The minimum atomic E-state index is -0.329. The van der Waals surface area contributed by atoms with E-state index in [4.69, 9.17) is 18.6 Å². The summed E-state index contributed by atoms with van der Waals surface area (Å²) < 4.78 is 24.2. The van der Waals surface area contributed by atoms with Crippen LogP contribution < -0.4 is 10.9 Å². The number of rotatable bonds is 18. The van der Waals surface area contributed by atoms with E-state index in [1.807, 2.05) is 6.07 Å². The number of benzene rings is 1. The van der Waals surface area contributed by atoms with Crippen LogP contribution in [0.5, 0.6) is 0 Å². The van der Waals surface area contributed by atoms with E-state index in [1.54, 1.807) is 0 Å². The van der Waals surface area contributed by atoms with Crippen molar-refractivity contribution in [2.75, 3.05) is 26.4 Å². The van der Waals surface area contributed by atoms with Crippen molar-refractivity contribution in [1.29, 1.82) is 0 Å². The fourth-order valence-corrected chi connectivity index (χ4v) is 2.67. The van der Waals surface area contributed by atoms with Crippen molar-refractivity contribution < 1.29 is 18.6 Å². The van der Waals surface area contributed by atoms with Crippen LogP contribution in [0.3, 0.4) is 0 Å². The van der Waals surface area contributed by atoms with Crippen molar-refractivity contribution in [3.63, 3.8) is 0 Å². The third kappa shape index (κ3) is 10.7. The lowest BCUT2D eigenvalue weighted by Gasteiger charge is -2.18. The molecule has 0 atom stereocenters. The van der Waals surface area contributed by atoms with Crippen molar-refractivity contribution in [3.8, 4) is 0 Å². The summed E-state index contributed by atoms with van der Waals surface area (Å²) in [4.78, 5) is 0. The maximum absolute atomic E-state index is 6.04. The summed E-state index contributed by atoms with van der Waals surface area (Å²) in [5.74, 6) is 0. The van der Waals surface area contributed by atoms with Crippen LogP contribution in [-0.2, 0) is 18.6 Å². The van der Waals surface area contributed by atoms with E-state index in [9.17, 15) is 0 Å². The third-order valence-electron chi connectivity index (χ3n) is 4.52. The normalized spacial score (nSPS) is 11.0. The van der Waals surface area contributed by atoms with Gasteiger partial charge in [0, 0.05) is 26.4 Å². The Morgan fingerprint density at radius 1 is 0.571 bits per heavy atom. The number of unbranched alkanes of at least 4 members (excludes halogenated alkanes) is 4. The molecule has 6 heteroatoms. The summed E-state index contributed by atoms with van der Waals surface area (Å²) in [6.07, 6.45) is 8.60. The van der Waals surface area contributed by atoms with Gasteiger partial charge in [-0.05, 0) is 36.6 Å². The molecule has 0 unspecified atom stereocenters.